The van der Waals surface area contributed by atoms with Gasteiger partial charge in [0.25, 0.3) is 0 Å². The highest BCUT2D eigenvalue weighted by Gasteiger charge is 2.16. The maximum absolute atomic E-state index is 5.48. The molecule has 0 aromatic heterocycles. The van der Waals surface area contributed by atoms with Gasteiger partial charge in [-0.15, -0.1) is 6.58 Å². The van der Waals surface area contributed by atoms with Crippen molar-refractivity contribution in [1.29, 1.82) is 0 Å². The van der Waals surface area contributed by atoms with E-state index in [1.54, 1.807) is 0 Å². The molecule has 0 saturated heterocycles. The fourth-order valence-electron chi connectivity index (χ4n) is 1.04. The summed E-state index contributed by atoms with van der Waals surface area (Å²) in [6.45, 7) is 10.6. The minimum Gasteiger partial charge on any atom is -0.381 e. The molecule has 2 heteroatoms. The topological polar surface area (TPSA) is 21.3 Å². The van der Waals surface area contributed by atoms with Crippen LogP contribution in [0.5, 0.6) is 0 Å². The van der Waals surface area contributed by atoms with Gasteiger partial charge in [0.15, 0.2) is 0 Å². The molecule has 0 rings (SSSR count). The first-order valence-corrected chi connectivity index (χ1v) is 4.45. The molecule has 0 radical (unpaired) electrons. The third-order valence-electron chi connectivity index (χ3n) is 1.61. The Hall–Kier alpha value is -0.340. The minimum absolute atomic E-state index is 0.232. The SMILES string of the molecule is C=CCCOCC(C)(C)CNC. The maximum Gasteiger partial charge on any atom is 0.0529 e. The summed E-state index contributed by atoms with van der Waals surface area (Å²) in [6, 6.07) is 0. The van der Waals surface area contributed by atoms with Crippen LogP contribution in [0.2, 0.25) is 0 Å². The fraction of sp³-hybridized carbons (Fsp3) is 0.800. The van der Waals surface area contributed by atoms with Gasteiger partial charge in [0.05, 0.1) is 13.2 Å². The van der Waals surface area contributed by atoms with Crippen LogP contribution in [0, 0.1) is 5.41 Å². The number of ether oxygens (including phenoxy) is 1. The molecule has 0 aromatic carbocycles. The Balaban J connectivity index is 3.39. The van der Waals surface area contributed by atoms with E-state index in [1.165, 1.54) is 0 Å². The van der Waals surface area contributed by atoms with Gasteiger partial charge in [-0.2, -0.15) is 0 Å². The van der Waals surface area contributed by atoms with Crippen molar-refractivity contribution >= 4 is 0 Å². The summed E-state index contributed by atoms with van der Waals surface area (Å²) < 4.78 is 5.48. The first-order chi connectivity index (χ1) is 5.62. The lowest BCUT2D eigenvalue weighted by atomic mass is 9.95. The van der Waals surface area contributed by atoms with E-state index < -0.39 is 0 Å². The highest BCUT2D eigenvalue weighted by molar-refractivity contribution is 4.70. The van der Waals surface area contributed by atoms with E-state index in [4.69, 9.17) is 4.74 Å². The van der Waals surface area contributed by atoms with Crippen molar-refractivity contribution in [2.24, 2.45) is 5.41 Å². The van der Waals surface area contributed by atoms with Gasteiger partial charge in [-0.05, 0) is 13.5 Å². The van der Waals surface area contributed by atoms with Gasteiger partial charge in [-0.1, -0.05) is 19.9 Å². The molecule has 0 heterocycles. The van der Waals surface area contributed by atoms with Crippen LogP contribution in [0.1, 0.15) is 20.3 Å². The molecule has 0 aliphatic heterocycles. The van der Waals surface area contributed by atoms with Crippen LogP contribution in [0.25, 0.3) is 0 Å². The molecular formula is C10H21NO. The molecule has 1 N–H and O–H groups in total. The van der Waals surface area contributed by atoms with Gasteiger partial charge in [0.2, 0.25) is 0 Å². The molecule has 0 aliphatic rings. The van der Waals surface area contributed by atoms with Crippen LogP contribution in [0.4, 0.5) is 0 Å². The summed E-state index contributed by atoms with van der Waals surface area (Å²) in [5, 5.41) is 3.15. The van der Waals surface area contributed by atoms with E-state index in [2.05, 4.69) is 25.7 Å². The van der Waals surface area contributed by atoms with Crippen molar-refractivity contribution in [3.63, 3.8) is 0 Å². The maximum atomic E-state index is 5.48. The molecule has 0 aliphatic carbocycles. The predicted molar refractivity (Wildman–Crippen MR) is 53.3 cm³/mol. The first kappa shape index (κ1) is 11.7. The van der Waals surface area contributed by atoms with Crippen LogP contribution < -0.4 is 5.32 Å². The van der Waals surface area contributed by atoms with E-state index in [9.17, 15) is 0 Å². The smallest absolute Gasteiger partial charge is 0.0529 e. The van der Waals surface area contributed by atoms with Gasteiger partial charge in [-0.25, -0.2) is 0 Å². The highest BCUT2D eigenvalue weighted by atomic mass is 16.5. The van der Waals surface area contributed by atoms with Gasteiger partial charge >= 0.3 is 0 Å². The van der Waals surface area contributed by atoms with Crippen LogP contribution in [-0.4, -0.2) is 26.8 Å². The summed E-state index contributed by atoms with van der Waals surface area (Å²) in [6.07, 6.45) is 2.82. The van der Waals surface area contributed by atoms with Crippen LogP contribution in [0.3, 0.4) is 0 Å². The summed E-state index contributed by atoms with van der Waals surface area (Å²) in [4.78, 5) is 0. The molecule has 0 unspecified atom stereocenters. The quantitative estimate of drug-likeness (QED) is 0.466. The summed E-state index contributed by atoms with van der Waals surface area (Å²) in [5.74, 6) is 0. The van der Waals surface area contributed by atoms with Crippen molar-refractivity contribution in [2.75, 3.05) is 26.8 Å². The average Bonchev–Trinajstić information content (AvgIpc) is 1.98. The molecular weight excluding hydrogens is 150 g/mol. The normalized spacial score (nSPS) is 11.6. The van der Waals surface area contributed by atoms with Crippen LogP contribution >= 0.6 is 0 Å². The zero-order valence-corrected chi connectivity index (χ0v) is 8.52. The predicted octanol–water partition coefficient (Wildman–Crippen LogP) is 1.82. The second kappa shape index (κ2) is 6.21. The van der Waals surface area contributed by atoms with Crippen LogP contribution in [0.15, 0.2) is 12.7 Å². The van der Waals surface area contributed by atoms with Crippen molar-refractivity contribution in [1.82, 2.24) is 5.32 Å². The summed E-state index contributed by atoms with van der Waals surface area (Å²) >= 11 is 0. The average molecular weight is 171 g/mol. The Bertz CT molecular complexity index is 121. The van der Waals surface area contributed by atoms with Crippen molar-refractivity contribution in [2.45, 2.75) is 20.3 Å². The third kappa shape index (κ3) is 6.38. The molecule has 0 amide bonds. The standard InChI is InChI=1S/C10H21NO/c1-5-6-7-12-9-10(2,3)8-11-4/h5,11H,1,6-9H2,2-4H3. The Morgan fingerprint density at radius 1 is 1.50 bits per heavy atom. The van der Waals surface area contributed by atoms with Crippen molar-refractivity contribution in [3.05, 3.63) is 12.7 Å². The molecule has 0 spiro atoms. The van der Waals surface area contributed by atoms with Crippen LogP contribution in [-0.2, 0) is 4.74 Å². The van der Waals surface area contributed by atoms with Gasteiger partial charge < -0.3 is 10.1 Å². The van der Waals surface area contributed by atoms with Crippen molar-refractivity contribution < 1.29 is 4.74 Å². The highest BCUT2D eigenvalue weighted by Crippen LogP contribution is 2.13. The van der Waals surface area contributed by atoms with E-state index in [0.29, 0.717) is 0 Å². The Labute approximate surface area is 76.0 Å². The largest absolute Gasteiger partial charge is 0.381 e. The molecule has 2 nitrogen and oxygen atoms in total. The zero-order chi connectivity index (χ0) is 9.45. The fourth-order valence-corrected chi connectivity index (χ4v) is 1.04. The van der Waals surface area contributed by atoms with Gasteiger partial charge in [-0.3, -0.25) is 0 Å². The number of hydrogen-bond acceptors (Lipinski definition) is 2. The number of nitrogens with one attached hydrogen (secondary N) is 1. The molecule has 0 saturated carbocycles. The minimum atomic E-state index is 0.232. The molecule has 0 atom stereocenters. The molecule has 12 heavy (non-hydrogen) atoms. The van der Waals surface area contributed by atoms with E-state index >= 15 is 0 Å². The molecule has 0 bridgehead atoms. The summed E-state index contributed by atoms with van der Waals surface area (Å²) in [5.41, 5.74) is 0.232. The molecule has 0 aromatic rings. The monoisotopic (exact) mass is 171 g/mol. The van der Waals surface area contributed by atoms with Gasteiger partial charge in [0.1, 0.15) is 0 Å². The Morgan fingerprint density at radius 2 is 2.17 bits per heavy atom. The third-order valence-corrected chi connectivity index (χ3v) is 1.61. The zero-order valence-electron chi connectivity index (χ0n) is 8.52. The number of hydrogen-bond donors (Lipinski definition) is 1. The Kier molecular flexibility index (Phi) is 6.03. The van der Waals surface area contributed by atoms with E-state index in [1.807, 2.05) is 13.1 Å². The second-order valence-electron chi connectivity index (χ2n) is 3.82. The number of rotatable bonds is 7. The Morgan fingerprint density at radius 3 is 2.67 bits per heavy atom. The van der Waals surface area contributed by atoms with E-state index in [-0.39, 0.29) is 5.41 Å². The lowest BCUT2D eigenvalue weighted by Gasteiger charge is -2.23. The lowest BCUT2D eigenvalue weighted by Crippen LogP contribution is -2.31. The van der Waals surface area contributed by atoms with Crippen molar-refractivity contribution in [3.8, 4) is 0 Å². The van der Waals surface area contributed by atoms with Gasteiger partial charge in [0, 0.05) is 12.0 Å². The molecule has 72 valence electrons. The second-order valence-corrected chi connectivity index (χ2v) is 3.82. The lowest BCUT2D eigenvalue weighted by molar-refractivity contribution is 0.0660. The summed E-state index contributed by atoms with van der Waals surface area (Å²) in [7, 11) is 1.96. The first-order valence-electron chi connectivity index (χ1n) is 4.45. The molecule has 0 fully saturated rings. The van der Waals surface area contributed by atoms with E-state index in [0.717, 1.165) is 26.2 Å².